The highest BCUT2D eigenvalue weighted by Gasteiger charge is 2.52. The van der Waals surface area contributed by atoms with Gasteiger partial charge in [0.25, 0.3) is 0 Å². The van der Waals surface area contributed by atoms with Gasteiger partial charge >= 0.3 is 0 Å². The van der Waals surface area contributed by atoms with Gasteiger partial charge in [0.1, 0.15) is 0 Å². The Labute approximate surface area is 118 Å². The SMILES string of the molecule is CCN(C(C)CN(C)C)C1(CN)CCN2CCCC21. The topological polar surface area (TPSA) is 35.7 Å². The maximum absolute atomic E-state index is 6.29. The fraction of sp³-hybridized carbons (Fsp3) is 1.00. The molecule has 2 saturated heterocycles. The van der Waals surface area contributed by atoms with Gasteiger partial charge in [0.15, 0.2) is 0 Å². The lowest BCUT2D eigenvalue weighted by Gasteiger charge is -2.48. The maximum atomic E-state index is 6.29. The Balaban J connectivity index is 2.18. The lowest BCUT2D eigenvalue weighted by atomic mass is 9.85. The number of nitrogens with zero attached hydrogens (tertiary/aromatic N) is 3. The van der Waals surface area contributed by atoms with Crippen molar-refractivity contribution in [2.24, 2.45) is 5.73 Å². The van der Waals surface area contributed by atoms with E-state index in [4.69, 9.17) is 5.73 Å². The molecule has 3 atom stereocenters. The van der Waals surface area contributed by atoms with Crippen molar-refractivity contribution in [3.05, 3.63) is 0 Å². The second kappa shape index (κ2) is 6.08. The molecule has 2 aliphatic heterocycles. The van der Waals surface area contributed by atoms with Crippen LogP contribution in [0, 0.1) is 0 Å². The first-order chi connectivity index (χ1) is 9.05. The third-order valence-electron chi connectivity index (χ3n) is 5.24. The largest absolute Gasteiger partial charge is 0.329 e. The zero-order valence-corrected chi connectivity index (χ0v) is 13.2. The third-order valence-corrected chi connectivity index (χ3v) is 5.24. The molecular formula is C15H32N4. The number of fused-ring (bicyclic) bond motifs is 1. The van der Waals surface area contributed by atoms with Gasteiger partial charge in [0, 0.05) is 31.7 Å². The van der Waals surface area contributed by atoms with E-state index in [1.165, 1.54) is 32.4 Å². The summed E-state index contributed by atoms with van der Waals surface area (Å²) in [6.07, 6.45) is 3.94. The predicted molar refractivity (Wildman–Crippen MR) is 81.4 cm³/mol. The quantitative estimate of drug-likeness (QED) is 0.774. The van der Waals surface area contributed by atoms with Gasteiger partial charge in [-0.15, -0.1) is 0 Å². The summed E-state index contributed by atoms with van der Waals surface area (Å²) in [7, 11) is 4.33. The highest BCUT2D eigenvalue weighted by Crippen LogP contribution is 2.40. The molecule has 2 aliphatic rings. The van der Waals surface area contributed by atoms with Gasteiger partial charge in [-0.3, -0.25) is 9.80 Å². The van der Waals surface area contributed by atoms with Crippen LogP contribution in [0.3, 0.4) is 0 Å². The van der Waals surface area contributed by atoms with Gasteiger partial charge in [-0.2, -0.15) is 0 Å². The van der Waals surface area contributed by atoms with E-state index in [-0.39, 0.29) is 5.54 Å². The van der Waals surface area contributed by atoms with Gasteiger partial charge in [-0.25, -0.2) is 0 Å². The van der Waals surface area contributed by atoms with Crippen molar-refractivity contribution in [3.63, 3.8) is 0 Å². The highest BCUT2D eigenvalue weighted by molar-refractivity contribution is 5.10. The second-order valence-corrected chi connectivity index (χ2v) is 6.65. The Hall–Kier alpha value is -0.160. The number of nitrogens with two attached hydrogens (primary N) is 1. The molecule has 0 amide bonds. The maximum Gasteiger partial charge on any atom is 0.0501 e. The minimum atomic E-state index is 0.223. The monoisotopic (exact) mass is 268 g/mol. The normalized spacial score (nSPS) is 33.3. The predicted octanol–water partition coefficient (Wildman–Crippen LogP) is 0.824. The first-order valence-electron chi connectivity index (χ1n) is 7.90. The van der Waals surface area contributed by atoms with Crippen LogP contribution >= 0.6 is 0 Å². The molecule has 3 unspecified atom stereocenters. The van der Waals surface area contributed by atoms with Crippen LogP contribution in [0.15, 0.2) is 0 Å². The Bertz CT molecular complexity index is 294. The Morgan fingerprint density at radius 2 is 2.11 bits per heavy atom. The molecule has 112 valence electrons. The Morgan fingerprint density at radius 1 is 1.37 bits per heavy atom. The first-order valence-corrected chi connectivity index (χ1v) is 7.90. The van der Waals surface area contributed by atoms with Crippen LogP contribution in [0.1, 0.15) is 33.1 Å². The number of likely N-dealkylation sites (N-methyl/N-ethyl adjacent to an activating group) is 2. The summed E-state index contributed by atoms with van der Waals surface area (Å²) in [5.74, 6) is 0. The molecule has 4 nitrogen and oxygen atoms in total. The summed E-state index contributed by atoms with van der Waals surface area (Å²) in [6.45, 7) is 10.2. The van der Waals surface area contributed by atoms with Crippen LogP contribution in [0.25, 0.3) is 0 Å². The van der Waals surface area contributed by atoms with E-state index in [1.807, 2.05) is 0 Å². The summed E-state index contributed by atoms with van der Waals surface area (Å²) in [4.78, 5) is 7.67. The molecule has 0 aromatic carbocycles. The molecule has 0 radical (unpaired) electrons. The van der Waals surface area contributed by atoms with Crippen molar-refractivity contribution >= 4 is 0 Å². The van der Waals surface area contributed by atoms with Gasteiger partial charge in [0.2, 0.25) is 0 Å². The molecule has 2 rings (SSSR count). The zero-order valence-electron chi connectivity index (χ0n) is 13.2. The molecule has 2 fully saturated rings. The van der Waals surface area contributed by atoms with E-state index in [1.54, 1.807) is 0 Å². The summed E-state index contributed by atoms with van der Waals surface area (Å²) in [5, 5.41) is 0. The van der Waals surface area contributed by atoms with E-state index in [0.29, 0.717) is 12.1 Å². The summed E-state index contributed by atoms with van der Waals surface area (Å²) in [5.41, 5.74) is 6.51. The summed E-state index contributed by atoms with van der Waals surface area (Å²) < 4.78 is 0. The van der Waals surface area contributed by atoms with Gasteiger partial charge in [0.05, 0.1) is 5.54 Å². The highest BCUT2D eigenvalue weighted by atomic mass is 15.3. The lowest BCUT2D eigenvalue weighted by molar-refractivity contribution is 0.0276. The molecule has 0 bridgehead atoms. The smallest absolute Gasteiger partial charge is 0.0501 e. The van der Waals surface area contributed by atoms with Gasteiger partial charge in [-0.1, -0.05) is 6.92 Å². The third kappa shape index (κ3) is 2.68. The van der Waals surface area contributed by atoms with Crippen LogP contribution < -0.4 is 5.73 Å². The van der Waals surface area contributed by atoms with Crippen molar-refractivity contribution in [1.82, 2.24) is 14.7 Å². The van der Waals surface area contributed by atoms with Crippen molar-refractivity contribution in [2.75, 3.05) is 46.8 Å². The molecule has 0 saturated carbocycles. The van der Waals surface area contributed by atoms with Gasteiger partial charge < -0.3 is 10.6 Å². The van der Waals surface area contributed by atoms with E-state index in [2.05, 4.69) is 42.6 Å². The Kier molecular flexibility index (Phi) is 4.88. The van der Waals surface area contributed by atoms with Crippen LogP contribution in [-0.2, 0) is 0 Å². The molecule has 0 aliphatic carbocycles. The average molecular weight is 268 g/mol. The van der Waals surface area contributed by atoms with Crippen LogP contribution in [0.5, 0.6) is 0 Å². The zero-order chi connectivity index (χ0) is 14.0. The molecule has 0 aromatic rings. The van der Waals surface area contributed by atoms with E-state index in [0.717, 1.165) is 19.6 Å². The van der Waals surface area contributed by atoms with Crippen molar-refractivity contribution in [3.8, 4) is 0 Å². The van der Waals surface area contributed by atoms with Gasteiger partial charge in [-0.05, 0) is 53.4 Å². The molecule has 4 heteroatoms. The average Bonchev–Trinajstić information content (AvgIpc) is 2.92. The molecule has 0 spiro atoms. The minimum absolute atomic E-state index is 0.223. The van der Waals surface area contributed by atoms with E-state index < -0.39 is 0 Å². The van der Waals surface area contributed by atoms with Crippen LogP contribution in [0.4, 0.5) is 0 Å². The fourth-order valence-electron chi connectivity index (χ4n) is 4.59. The van der Waals surface area contributed by atoms with Crippen molar-refractivity contribution in [1.29, 1.82) is 0 Å². The van der Waals surface area contributed by atoms with Crippen molar-refractivity contribution in [2.45, 2.75) is 50.7 Å². The van der Waals surface area contributed by atoms with Crippen LogP contribution in [-0.4, -0.2) is 79.1 Å². The van der Waals surface area contributed by atoms with E-state index in [9.17, 15) is 0 Å². The lowest BCUT2D eigenvalue weighted by Crippen LogP contribution is -2.63. The van der Waals surface area contributed by atoms with Crippen LogP contribution in [0.2, 0.25) is 0 Å². The molecule has 2 N–H and O–H groups in total. The van der Waals surface area contributed by atoms with E-state index >= 15 is 0 Å². The molecule has 2 heterocycles. The minimum Gasteiger partial charge on any atom is -0.329 e. The number of hydrogen-bond acceptors (Lipinski definition) is 4. The number of rotatable bonds is 6. The molecular weight excluding hydrogens is 236 g/mol. The number of hydrogen-bond donors (Lipinski definition) is 1. The summed E-state index contributed by atoms with van der Waals surface area (Å²) >= 11 is 0. The summed E-state index contributed by atoms with van der Waals surface area (Å²) in [6, 6.07) is 1.27. The Morgan fingerprint density at radius 3 is 2.68 bits per heavy atom. The fourth-order valence-corrected chi connectivity index (χ4v) is 4.59. The molecule has 0 aromatic heterocycles. The second-order valence-electron chi connectivity index (χ2n) is 6.65. The van der Waals surface area contributed by atoms with Crippen molar-refractivity contribution < 1.29 is 0 Å². The standard InChI is InChI=1S/C15H32N4/c1-5-19(13(2)11-17(3)4)15(12-16)8-10-18-9-6-7-14(15)18/h13-14H,5-12,16H2,1-4H3. The first kappa shape index (κ1) is 15.2. The molecule has 19 heavy (non-hydrogen) atoms.